The number of piperidine rings is 1. The number of carbonyl (C=O) groups excluding carboxylic acids is 2. The van der Waals surface area contributed by atoms with Crippen LogP contribution in [0.5, 0.6) is 5.75 Å². The molecule has 0 bridgehead atoms. The van der Waals surface area contributed by atoms with Gasteiger partial charge in [0.25, 0.3) is 5.91 Å². The van der Waals surface area contributed by atoms with Gasteiger partial charge in [0, 0.05) is 12.0 Å². The number of ether oxygens (including phenoxy) is 2. The van der Waals surface area contributed by atoms with Crippen molar-refractivity contribution in [3.05, 3.63) is 64.7 Å². The van der Waals surface area contributed by atoms with Crippen molar-refractivity contribution in [1.29, 1.82) is 0 Å². The highest BCUT2D eigenvalue weighted by atomic mass is 16.5. The number of amides is 1. The number of hydrazone groups is 1. The number of esters is 1. The Morgan fingerprint density at radius 1 is 1.09 bits per heavy atom. The second-order valence-electron chi connectivity index (χ2n) is 9.40. The zero-order valence-corrected chi connectivity index (χ0v) is 21.1. The number of aryl methyl sites for hydroxylation is 2. The van der Waals surface area contributed by atoms with E-state index >= 15 is 0 Å². The second-order valence-corrected chi connectivity index (χ2v) is 9.40. The Morgan fingerprint density at radius 3 is 2.57 bits per heavy atom. The van der Waals surface area contributed by atoms with Gasteiger partial charge in [-0.05, 0) is 70.0 Å². The summed E-state index contributed by atoms with van der Waals surface area (Å²) >= 11 is 0. The van der Waals surface area contributed by atoms with Crippen molar-refractivity contribution < 1.29 is 19.1 Å². The lowest BCUT2D eigenvalue weighted by atomic mass is 9.93. The minimum absolute atomic E-state index is 0.0246. The number of hydrogen-bond acceptors (Lipinski definition) is 6. The Balaban J connectivity index is 1.54. The average molecular weight is 478 g/mol. The van der Waals surface area contributed by atoms with Gasteiger partial charge in [-0.25, -0.2) is 5.01 Å². The summed E-state index contributed by atoms with van der Waals surface area (Å²) in [5, 5.41) is 6.51. The van der Waals surface area contributed by atoms with Gasteiger partial charge in [-0.2, -0.15) is 5.10 Å². The highest BCUT2D eigenvalue weighted by molar-refractivity contribution is 6.03. The molecule has 0 saturated carbocycles. The normalized spacial score (nSPS) is 18.9. The quantitative estimate of drug-likeness (QED) is 0.557. The minimum Gasteiger partial charge on any atom is -0.497 e. The summed E-state index contributed by atoms with van der Waals surface area (Å²) in [4.78, 5) is 27.8. The molecule has 0 unspecified atom stereocenters. The van der Waals surface area contributed by atoms with Crippen LogP contribution in [0.3, 0.4) is 0 Å². The molecule has 186 valence electrons. The molecule has 1 amide bonds. The van der Waals surface area contributed by atoms with Crippen molar-refractivity contribution in [3.8, 4) is 5.75 Å². The maximum Gasteiger partial charge on any atom is 0.309 e. The molecule has 0 aromatic heterocycles. The molecule has 0 radical (unpaired) electrons. The molecule has 1 atom stereocenters. The maximum absolute atomic E-state index is 13.6. The van der Waals surface area contributed by atoms with Gasteiger partial charge in [-0.15, -0.1) is 0 Å². The third-order valence-electron chi connectivity index (χ3n) is 6.93. The Hall–Kier alpha value is -3.19. The van der Waals surface area contributed by atoms with E-state index < -0.39 is 0 Å². The SMILES string of the molecule is CCOC(=O)C1CCN(CC(=O)N2N=C(c3cccc(OC)c3)C[C@H]2c2cc(C)ccc2C)CC1. The molecule has 2 heterocycles. The highest BCUT2D eigenvalue weighted by Crippen LogP contribution is 2.35. The zero-order valence-electron chi connectivity index (χ0n) is 21.1. The summed E-state index contributed by atoms with van der Waals surface area (Å²) in [5.41, 5.74) is 5.28. The summed E-state index contributed by atoms with van der Waals surface area (Å²) in [7, 11) is 1.65. The lowest BCUT2D eigenvalue weighted by Gasteiger charge is -2.32. The van der Waals surface area contributed by atoms with Crippen molar-refractivity contribution in [3.63, 3.8) is 0 Å². The molecule has 0 aliphatic carbocycles. The summed E-state index contributed by atoms with van der Waals surface area (Å²) in [5.74, 6) is 0.542. The molecule has 0 N–H and O–H groups in total. The Morgan fingerprint density at radius 2 is 1.86 bits per heavy atom. The molecule has 1 fully saturated rings. The fourth-order valence-electron chi connectivity index (χ4n) is 4.93. The Bertz CT molecular complexity index is 1110. The standard InChI is InChI=1S/C28H35N3O4/c1-5-35-28(33)21-11-13-30(14-12-21)18-27(32)31-26(24-15-19(2)9-10-20(24)3)17-25(29-31)22-7-6-8-23(16-22)34-4/h6-10,15-16,21,26H,5,11-14,17-18H2,1-4H3/t26-/m0/s1. The molecule has 35 heavy (non-hydrogen) atoms. The molecule has 2 aromatic carbocycles. The predicted molar refractivity (Wildman–Crippen MR) is 135 cm³/mol. The van der Waals surface area contributed by atoms with Crippen molar-refractivity contribution >= 4 is 17.6 Å². The number of benzene rings is 2. The van der Waals surface area contributed by atoms with Gasteiger partial charge in [0.1, 0.15) is 5.75 Å². The van der Waals surface area contributed by atoms with Gasteiger partial charge in [-0.1, -0.05) is 35.9 Å². The van der Waals surface area contributed by atoms with Gasteiger partial charge in [0.05, 0.1) is 37.9 Å². The number of methoxy groups -OCH3 is 1. The Labute approximate surface area is 207 Å². The van der Waals surface area contributed by atoms with Crippen LogP contribution in [0.2, 0.25) is 0 Å². The maximum atomic E-state index is 13.6. The van der Waals surface area contributed by atoms with Crippen LogP contribution in [0, 0.1) is 19.8 Å². The highest BCUT2D eigenvalue weighted by Gasteiger charge is 2.35. The first-order chi connectivity index (χ1) is 16.9. The molecule has 4 rings (SSSR count). The van der Waals surface area contributed by atoms with E-state index in [2.05, 4.69) is 36.9 Å². The average Bonchev–Trinajstić information content (AvgIpc) is 3.32. The lowest BCUT2D eigenvalue weighted by molar-refractivity contribution is -0.149. The first kappa shape index (κ1) is 24.9. The molecule has 7 heteroatoms. The van der Waals surface area contributed by atoms with Crippen LogP contribution in [0.1, 0.15) is 54.5 Å². The van der Waals surface area contributed by atoms with Crippen LogP contribution < -0.4 is 4.74 Å². The topological polar surface area (TPSA) is 71.4 Å². The van der Waals surface area contributed by atoms with Crippen molar-refractivity contribution in [1.82, 2.24) is 9.91 Å². The molecule has 2 aliphatic rings. The summed E-state index contributed by atoms with van der Waals surface area (Å²) < 4.78 is 10.6. The van der Waals surface area contributed by atoms with Crippen LogP contribution in [-0.2, 0) is 14.3 Å². The third-order valence-corrected chi connectivity index (χ3v) is 6.93. The van der Waals surface area contributed by atoms with Crippen LogP contribution in [0.15, 0.2) is 47.6 Å². The summed E-state index contributed by atoms with van der Waals surface area (Å²) in [6, 6.07) is 14.0. The molecule has 2 aromatic rings. The largest absolute Gasteiger partial charge is 0.497 e. The zero-order chi connectivity index (χ0) is 24.9. The van der Waals surface area contributed by atoms with E-state index in [-0.39, 0.29) is 30.4 Å². The van der Waals surface area contributed by atoms with Gasteiger partial charge < -0.3 is 9.47 Å². The van der Waals surface area contributed by atoms with E-state index in [0.29, 0.717) is 39.0 Å². The summed E-state index contributed by atoms with van der Waals surface area (Å²) in [6.07, 6.45) is 2.07. The van der Waals surface area contributed by atoms with E-state index in [1.54, 1.807) is 12.1 Å². The third kappa shape index (κ3) is 5.73. The van der Waals surface area contributed by atoms with E-state index in [4.69, 9.17) is 14.6 Å². The number of likely N-dealkylation sites (tertiary alicyclic amines) is 1. The van der Waals surface area contributed by atoms with Crippen LogP contribution in [0.25, 0.3) is 0 Å². The van der Waals surface area contributed by atoms with E-state index in [1.165, 1.54) is 0 Å². The number of carbonyl (C=O) groups is 2. The fourth-order valence-corrected chi connectivity index (χ4v) is 4.93. The smallest absolute Gasteiger partial charge is 0.309 e. The van der Waals surface area contributed by atoms with E-state index in [9.17, 15) is 9.59 Å². The monoisotopic (exact) mass is 477 g/mol. The van der Waals surface area contributed by atoms with Crippen molar-refractivity contribution in [2.75, 3.05) is 33.4 Å². The first-order valence-corrected chi connectivity index (χ1v) is 12.4. The number of hydrogen-bond donors (Lipinski definition) is 0. The van der Waals surface area contributed by atoms with Crippen LogP contribution in [-0.4, -0.2) is 60.8 Å². The first-order valence-electron chi connectivity index (χ1n) is 12.4. The molecule has 0 spiro atoms. The predicted octanol–water partition coefficient (Wildman–Crippen LogP) is 4.26. The van der Waals surface area contributed by atoms with E-state index in [1.807, 2.05) is 31.2 Å². The van der Waals surface area contributed by atoms with Gasteiger partial charge >= 0.3 is 5.97 Å². The Kier molecular flexibility index (Phi) is 7.86. The molecular formula is C28H35N3O4. The number of nitrogens with zero attached hydrogens (tertiary/aromatic N) is 3. The number of rotatable bonds is 7. The molecule has 1 saturated heterocycles. The van der Waals surface area contributed by atoms with Crippen LogP contribution in [0.4, 0.5) is 0 Å². The molecular weight excluding hydrogens is 442 g/mol. The summed E-state index contributed by atoms with van der Waals surface area (Å²) in [6.45, 7) is 8.07. The molecule has 7 nitrogen and oxygen atoms in total. The second kappa shape index (κ2) is 11.0. The minimum atomic E-state index is -0.152. The van der Waals surface area contributed by atoms with Gasteiger partial charge in [0.15, 0.2) is 0 Å². The van der Waals surface area contributed by atoms with Crippen LogP contribution >= 0.6 is 0 Å². The lowest BCUT2D eigenvalue weighted by Crippen LogP contribution is -2.43. The van der Waals surface area contributed by atoms with Crippen molar-refractivity contribution in [2.24, 2.45) is 11.0 Å². The van der Waals surface area contributed by atoms with Gasteiger partial charge in [-0.3, -0.25) is 14.5 Å². The van der Waals surface area contributed by atoms with Gasteiger partial charge in [0.2, 0.25) is 0 Å². The van der Waals surface area contributed by atoms with Crippen molar-refractivity contribution in [2.45, 2.75) is 46.1 Å². The van der Waals surface area contributed by atoms with E-state index in [0.717, 1.165) is 33.7 Å². The molecule has 2 aliphatic heterocycles. The fraction of sp³-hybridized carbons (Fsp3) is 0.464.